The van der Waals surface area contributed by atoms with E-state index >= 15 is 0 Å². The summed E-state index contributed by atoms with van der Waals surface area (Å²) < 4.78 is 32.1. The van der Waals surface area contributed by atoms with Crippen LogP contribution in [0.2, 0.25) is 0 Å². The molecule has 0 amide bonds. The van der Waals surface area contributed by atoms with Gasteiger partial charge in [0, 0.05) is 65.1 Å². The second-order valence-electron chi connectivity index (χ2n) is 9.35. The number of aromatic nitrogens is 2. The summed E-state index contributed by atoms with van der Waals surface area (Å²) in [5.41, 5.74) is 1.92. The number of hydrogen-bond donors (Lipinski definition) is 0. The van der Waals surface area contributed by atoms with Crippen LogP contribution in [0.1, 0.15) is 43.9 Å². The number of nitrogens with zero attached hydrogens (tertiary/aromatic N) is 3. The number of rotatable bonds is 5. The summed E-state index contributed by atoms with van der Waals surface area (Å²) in [6.07, 6.45) is 9.23. The molecule has 1 aliphatic heterocycles. The average molecular weight is 504 g/mol. The smallest absolute Gasteiger partial charge is 0.259 e. The number of aryl methyl sites for hydroxylation is 1. The summed E-state index contributed by atoms with van der Waals surface area (Å²) in [5.74, 6) is 0.553. The van der Waals surface area contributed by atoms with Gasteiger partial charge in [0.25, 0.3) is 5.56 Å². The highest BCUT2D eigenvalue weighted by Gasteiger charge is 2.25. The van der Waals surface area contributed by atoms with E-state index < -0.39 is 9.84 Å². The van der Waals surface area contributed by atoms with E-state index in [2.05, 4.69) is 16.8 Å². The summed E-state index contributed by atoms with van der Waals surface area (Å²) in [7, 11) is 0.360. The Labute approximate surface area is 205 Å². The number of sulfone groups is 1. The third kappa shape index (κ3) is 5.37. The van der Waals surface area contributed by atoms with Gasteiger partial charge in [0.1, 0.15) is 9.84 Å². The summed E-state index contributed by atoms with van der Waals surface area (Å²) in [6.45, 7) is 3.87. The van der Waals surface area contributed by atoms with Gasteiger partial charge < -0.3 is 9.30 Å². The van der Waals surface area contributed by atoms with E-state index in [1.165, 1.54) is 6.26 Å². The lowest BCUT2D eigenvalue weighted by Gasteiger charge is -2.28. The van der Waals surface area contributed by atoms with Gasteiger partial charge in [0.05, 0.1) is 17.7 Å². The molecule has 184 valence electrons. The SMILES string of the molecule is COc1ccc(-c2cn(C)c(=O)c3cc(CN4CCCCC(S(C)(=O)=O)CC[C@H]4C)sc23)cn1. The van der Waals surface area contributed by atoms with Crippen LogP contribution >= 0.6 is 11.3 Å². The van der Waals surface area contributed by atoms with Crippen molar-refractivity contribution in [3.63, 3.8) is 0 Å². The average Bonchev–Trinajstić information content (AvgIpc) is 3.25. The number of ether oxygens (including phenoxy) is 1. The maximum absolute atomic E-state index is 12.9. The van der Waals surface area contributed by atoms with Crippen molar-refractivity contribution in [2.75, 3.05) is 19.9 Å². The van der Waals surface area contributed by atoms with E-state index in [-0.39, 0.29) is 16.9 Å². The summed E-state index contributed by atoms with van der Waals surface area (Å²) in [4.78, 5) is 20.8. The fourth-order valence-electron chi connectivity index (χ4n) is 4.77. The second kappa shape index (κ2) is 10.2. The first-order valence-electron chi connectivity index (χ1n) is 11.7. The van der Waals surface area contributed by atoms with Crippen molar-refractivity contribution in [1.29, 1.82) is 0 Å². The van der Waals surface area contributed by atoms with Crippen molar-refractivity contribution in [3.05, 3.63) is 45.8 Å². The Hall–Kier alpha value is -2.23. The van der Waals surface area contributed by atoms with Gasteiger partial charge in [-0.15, -0.1) is 11.3 Å². The number of methoxy groups -OCH3 is 1. The number of pyridine rings is 2. The zero-order valence-electron chi connectivity index (χ0n) is 20.3. The van der Waals surface area contributed by atoms with Crippen molar-refractivity contribution in [2.24, 2.45) is 7.05 Å². The zero-order chi connectivity index (χ0) is 24.5. The molecule has 0 aliphatic carbocycles. The van der Waals surface area contributed by atoms with Crippen molar-refractivity contribution in [2.45, 2.75) is 56.9 Å². The van der Waals surface area contributed by atoms with Crippen LogP contribution in [0.5, 0.6) is 5.88 Å². The first-order chi connectivity index (χ1) is 16.2. The molecule has 0 aromatic carbocycles. The van der Waals surface area contributed by atoms with Crippen molar-refractivity contribution < 1.29 is 13.2 Å². The van der Waals surface area contributed by atoms with Crippen molar-refractivity contribution >= 4 is 31.3 Å². The van der Waals surface area contributed by atoms with Gasteiger partial charge in [0.2, 0.25) is 5.88 Å². The predicted octanol–water partition coefficient (Wildman–Crippen LogP) is 4.24. The van der Waals surface area contributed by atoms with Crippen LogP contribution in [0.15, 0.2) is 35.4 Å². The lowest BCUT2D eigenvalue weighted by molar-refractivity contribution is 0.191. The largest absolute Gasteiger partial charge is 0.481 e. The molecule has 0 N–H and O–H groups in total. The molecule has 4 heterocycles. The predicted molar refractivity (Wildman–Crippen MR) is 138 cm³/mol. The third-order valence-electron chi connectivity index (χ3n) is 6.87. The Bertz CT molecular complexity index is 1310. The van der Waals surface area contributed by atoms with Crippen LogP contribution in [0.3, 0.4) is 0 Å². The first-order valence-corrected chi connectivity index (χ1v) is 14.5. The van der Waals surface area contributed by atoms with Gasteiger partial charge in [-0.05, 0) is 51.3 Å². The van der Waals surface area contributed by atoms with Crippen molar-refractivity contribution in [3.8, 4) is 17.0 Å². The van der Waals surface area contributed by atoms with Gasteiger partial charge in [-0.3, -0.25) is 9.69 Å². The van der Waals surface area contributed by atoms with Gasteiger partial charge >= 0.3 is 0 Å². The molecular formula is C25H33N3O4S2. The molecule has 1 unspecified atom stereocenters. The Morgan fingerprint density at radius 2 is 2.00 bits per heavy atom. The maximum atomic E-state index is 12.9. The van der Waals surface area contributed by atoms with Crippen LogP contribution in [0.4, 0.5) is 0 Å². The molecule has 1 fully saturated rings. The monoisotopic (exact) mass is 503 g/mol. The lowest BCUT2D eigenvalue weighted by atomic mass is 10.1. The van der Waals surface area contributed by atoms with E-state index in [9.17, 15) is 13.2 Å². The fourth-order valence-corrected chi connectivity index (χ4v) is 7.14. The molecule has 9 heteroatoms. The van der Waals surface area contributed by atoms with E-state index in [0.29, 0.717) is 12.3 Å². The minimum atomic E-state index is -3.01. The maximum Gasteiger partial charge on any atom is 0.259 e. The Morgan fingerprint density at radius 1 is 1.21 bits per heavy atom. The highest BCUT2D eigenvalue weighted by atomic mass is 32.2. The molecule has 0 spiro atoms. The van der Waals surface area contributed by atoms with Crippen LogP contribution in [-0.2, 0) is 23.4 Å². The van der Waals surface area contributed by atoms with Gasteiger partial charge in [0.15, 0.2) is 0 Å². The van der Waals surface area contributed by atoms with E-state index in [0.717, 1.165) is 64.9 Å². The Kier molecular flexibility index (Phi) is 7.45. The standard InChI is InChI=1S/C25H33N3O4S2/c1-17-8-10-20(34(4,30)31)7-5-6-12-28(17)15-19-13-21-24(33-19)22(16-27(2)25(21)29)18-9-11-23(32-3)26-14-18/h9,11,13-14,16-17,20H,5-8,10,12,15H2,1-4H3/t17-,20?/m1/s1. The van der Waals surface area contributed by atoms with E-state index in [4.69, 9.17) is 4.74 Å². The quantitative estimate of drug-likeness (QED) is 0.518. The van der Waals surface area contributed by atoms with Gasteiger partial charge in [-0.1, -0.05) is 6.42 Å². The molecule has 2 atom stereocenters. The molecule has 34 heavy (non-hydrogen) atoms. The molecule has 3 aromatic heterocycles. The third-order valence-corrected chi connectivity index (χ3v) is 9.71. The molecule has 4 rings (SSSR count). The van der Waals surface area contributed by atoms with E-state index in [1.807, 2.05) is 24.4 Å². The molecule has 3 aromatic rings. The Morgan fingerprint density at radius 3 is 2.68 bits per heavy atom. The van der Waals surface area contributed by atoms with E-state index in [1.54, 1.807) is 36.3 Å². The summed E-state index contributed by atoms with van der Waals surface area (Å²) in [6, 6.07) is 6.10. The topological polar surface area (TPSA) is 81.5 Å². The normalized spacial score (nSPS) is 20.6. The van der Waals surface area contributed by atoms with Gasteiger partial charge in [-0.25, -0.2) is 13.4 Å². The van der Waals surface area contributed by atoms with Crippen molar-refractivity contribution in [1.82, 2.24) is 14.5 Å². The van der Waals surface area contributed by atoms with Crippen LogP contribution in [0.25, 0.3) is 21.2 Å². The Balaban J connectivity index is 1.63. The molecule has 1 aliphatic rings. The number of hydrogen-bond acceptors (Lipinski definition) is 7. The molecule has 0 bridgehead atoms. The molecule has 0 radical (unpaired) electrons. The van der Waals surface area contributed by atoms with Crippen LogP contribution < -0.4 is 10.3 Å². The van der Waals surface area contributed by atoms with Gasteiger partial charge in [-0.2, -0.15) is 0 Å². The number of fused-ring (bicyclic) bond motifs is 1. The van der Waals surface area contributed by atoms with Crippen LogP contribution in [0, 0.1) is 0 Å². The molecular weight excluding hydrogens is 470 g/mol. The minimum absolute atomic E-state index is 0.00349. The zero-order valence-corrected chi connectivity index (χ0v) is 21.9. The second-order valence-corrected chi connectivity index (χ2v) is 12.8. The minimum Gasteiger partial charge on any atom is -0.481 e. The number of thiophene rings is 1. The highest BCUT2D eigenvalue weighted by Crippen LogP contribution is 2.34. The molecule has 7 nitrogen and oxygen atoms in total. The molecule has 1 saturated heterocycles. The highest BCUT2D eigenvalue weighted by molar-refractivity contribution is 7.91. The summed E-state index contributed by atoms with van der Waals surface area (Å²) in [5, 5.41) is 0.493. The molecule has 0 saturated carbocycles. The van der Waals surface area contributed by atoms with Crippen LogP contribution in [-0.4, -0.2) is 54.1 Å². The fraction of sp³-hybridized carbons (Fsp3) is 0.520. The lowest BCUT2D eigenvalue weighted by Crippen LogP contribution is -2.33. The first kappa shape index (κ1) is 24.9. The summed E-state index contributed by atoms with van der Waals surface area (Å²) >= 11 is 1.66.